The molecule has 12 heteroatoms. The number of halogens is 2. The second-order valence-electron chi connectivity index (χ2n) is 6.65. The van der Waals surface area contributed by atoms with Crippen molar-refractivity contribution in [3.05, 3.63) is 64.4 Å². The van der Waals surface area contributed by atoms with Gasteiger partial charge in [-0.1, -0.05) is 17.7 Å². The van der Waals surface area contributed by atoms with E-state index in [1.54, 1.807) is 0 Å². The first kappa shape index (κ1) is 23.8. The number of hydrogen-bond acceptors (Lipinski definition) is 6. The molecule has 0 spiro atoms. The number of hydrazone groups is 1. The predicted molar refractivity (Wildman–Crippen MR) is 115 cm³/mol. The van der Waals surface area contributed by atoms with Crippen molar-refractivity contribution in [3.63, 3.8) is 0 Å². The molecule has 0 saturated carbocycles. The van der Waals surface area contributed by atoms with Gasteiger partial charge in [-0.3, -0.25) is 9.59 Å². The van der Waals surface area contributed by atoms with Crippen LogP contribution in [0.25, 0.3) is 0 Å². The third-order valence-corrected chi connectivity index (χ3v) is 6.76. The first-order valence-electron chi connectivity index (χ1n) is 9.51. The summed E-state index contributed by atoms with van der Waals surface area (Å²) in [7, 11) is -3.66. The van der Waals surface area contributed by atoms with Crippen molar-refractivity contribution in [1.29, 1.82) is 0 Å². The van der Waals surface area contributed by atoms with Gasteiger partial charge in [0.25, 0.3) is 11.8 Å². The molecule has 2 aromatic rings. The summed E-state index contributed by atoms with van der Waals surface area (Å²) in [4.78, 5) is 24.1. The van der Waals surface area contributed by atoms with Gasteiger partial charge in [-0.25, -0.2) is 18.2 Å². The molecule has 3 rings (SSSR count). The summed E-state index contributed by atoms with van der Waals surface area (Å²) in [6.45, 7) is 0.809. The van der Waals surface area contributed by atoms with Gasteiger partial charge >= 0.3 is 0 Å². The molecule has 1 fully saturated rings. The van der Waals surface area contributed by atoms with Gasteiger partial charge in [-0.15, -0.1) is 0 Å². The average molecular weight is 483 g/mol. The zero-order valence-corrected chi connectivity index (χ0v) is 18.3. The number of amides is 2. The molecule has 1 saturated heterocycles. The Balaban J connectivity index is 1.52. The summed E-state index contributed by atoms with van der Waals surface area (Å²) in [5, 5.41) is 6.14. The van der Waals surface area contributed by atoms with Crippen molar-refractivity contribution in [3.8, 4) is 0 Å². The lowest BCUT2D eigenvalue weighted by molar-refractivity contribution is -0.120. The number of ether oxygens (including phenoxy) is 1. The quantitative estimate of drug-likeness (QED) is 0.456. The molecule has 0 aliphatic carbocycles. The van der Waals surface area contributed by atoms with Crippen molar-refractivity contribution in [2.75, 3.05) is 32.8 Å². The molecular weight excluding hydrogens is 463 g/mol. The van der Waals surface area contributed by atoms with Crippen molar-refractivity contribution >= 4 is 39.7 Å². The summed E-state index contributed by atoms with van der Waals surface area (Å²) in [5.74, 6) is -1.81. The molecule has 2 amide bonds. The van der Waals surface area contributed by atoms with Crippen LogP contribution in [0.3, 0.4) is 0 Å². The van der Waals surface area contributed by atoms with E-state index < -0.39 is 34.2 Å². The van der Waals surface area contributed by atoms with Gasteiger partial charge in [-0.2, -0.15) is 9.41 Å². The Labute approximate surface area is 189 Å². The lowest BCUT2D eigenvalue weighted by atomic mass is 10.2. The highest BCUT2D eigenvalue weighted by Crippen LogP contribution is 2.18. The van der Waals surface area contributed by atoms with Gasteiger partial charge in [0.15, 0.2) is 0 Å². The number of hydrogen-bond donors (Lipinski definition) is 2. The summed E-state index contributed by atoms with van der Waals surface area (Å²) in [6, 6.07) is 9.51. The highest BCUT2D eigenvalue weighted by molar-refractivity contribution is 7.89. The highest BCUT2D eigenvalue weighted by Gasteiger charge is 2.26. The third kappa shape index (κ3) is 5.88. The number of morpholine rings is 1. The number of sulfonamides is 1. The van der Waals surface area contributed by atoms with E-state index in [4.69, 9.17) is 16.3 Å². The second-order valence-corrected chi connectivity index (χ2v) is 9.00. The summed E-state index contributed by atoms with van der Waals surface area (Å²) < 4.78 is 45.3. The third-order valence-electron chi connectivity index (χ3n) is 4.52. The number of nitrogens with one attached hydrogen (secondary N) is 2. The molecule has 2 N–H and O–H groups in total. The Morgan fingerprint density at radius 2 is 1.84 bits per heavy atom. The number of nitrogens with zero attached hydrogens (tertiary/aromatic N) is 2. The van der Waals surface area contributed by atoms with Crippen LogP contribution in [0.15, 0.2) is 52.5 Å². The maximum Gasteiger partial charge on any atom is 0.259 e. The number of rotatable bonds is 7. The van der Waals surface area contributed by atoms with Crippen molar-refractivity contribution in [1.82, 2.24) is 15.0 Å². The van der Waals surface area contributed by atoms with Crippen LogP contribution in [-0.4, -0.2) is 63.6 Å². The summed E-state index contributed by atoms with van der Waals surface area (Å²) in [5.41, 5.74) is 2.35. The Morgan fingerprint density at radius 1 is 1.16 bits per heavy atom. The highest BCUT2D eigenvalue weighted by atomic mass is 35.5. The normalized spacial score (nSPS) is 14.9. The Morgan fingerprint density at radius 3 is 2.50 bits per heavy atom. The molecule has 0 unspecified atom stereocenters. The average Bonchev–Trinajstić information content (AvgIpc) is 2.80. The molecule has 1 heterocycles. The molecule has 170 valence electrons. The lowest BCUT2D eigenvalue weighted by Crippen LogP contribution is -2.40. The second kappa shape index (κ2) is 10.6. The predicted octanol–water partition coefficient (Wildman–Crippen LogP) is 1.38. The van der Waals surface area contributed by atoms with Crippen LogP contribution in [0.4, 0.5) is 4.39 Å². The van der Waals surface area contributed by atoms with Crippen molar-refractivity contribution in [2.45, 2.75) is 4.90 Å². The molecule has 32 heavy (non-hydrogen) atoms. The molecule has 9 nitrogen and oxygen atoms in total. The van der Waals surface area contributed by atoms with Gasteiger partial charge in [0.1, 0.15) is 5.82 Å². The van der Waals surface area contributed by atoms with Gasteiger partial charge in [0, 0.05) is 24.2 Å². The van der Waals surface area contributed by atoms with Crippen LogP contribution in [-0.2, 0) is 19.6 Å². The molecule has 0 bridgehead atoms. The number of benzene rings is 2. The molecule has 1 aliphatic rings. The zero-order chi connectivity index (χ0) is 23.1. The van der Waals surface area contributed by atoms with E-state index in [0.29, 0.717) is 13.2 Å². The largest absolute Gasteiger partial charge is 0.379 e. The molecule has 1 aliphatic heterocycles. The van der Waals surface area contributed by atoms with Crippen molar-refractivity contribution in [2.24, 2.45) is 5.10 Å². The summed E-state index contributed by atoms with van der Waals surface area (Å²) >= 11 is 5.85. The van der Waals surface area contributed by atoms with Crippen molar-refractivity contribution < 1.29 is 27.1 Å². The minimum atomic E-state index is -3.66. The van der Waals surface area contributed by atoms with Gasteiger partial charge in [0.2, 0.25) is 10.0 Å². The van der Waals surface area contributed by atoms with E-state index in [2.05, 4.69) is 15.8 Å². The van der Waals surface area contributed by atoms with Crippen LogP contribution in [0.1, 0.15) is 15.9 Å². The lowest BCUT2D eigenvalue weighted by Gasteiger charge is -2.26. The Kier molecular flexibility index (Phi) is 7.91. The van der Waals surface area contributed by atoms with E-state index >= 15 is 0 Å². The minimum Gasteiger partial charge on any atom is -0.379 e. The monoisotopic (exact) mass is 482 g/mol. The molecule has 0 aromatic heterocycles. The first-order chi connectivity index (χ1) is 15.3. The SMILES string of the molecule is O=C(CNC(=O)c1ccc(S(=O)(=O)N2CCOCC2)cc1)NN=Cc1c(F)cccc1Cl. The van der Waals surface area contributed by atoms with Gasteiger partial charge in [0.05, 0.1) is 35.9 Å². The molecular formula is C20H20ClFN4O5S. The minimum absolute atomic E-state index is 0.0191. The number of carbonyl (C=O) groups is 2. The molecule has 0 atom stereocenters. The van der Waals surface area contributed by atoms with Crippen LogP contribution < -0.4 is 10.7 Å². The fraction of sp³-hybridized carbons (Fsp3) is 0.250. The maximum atomic E-state index is 13.6. The van der Waals surface area contributed by atoms with E-state index in [1.807, 2.05) is 0 Å². The zero-order valence-electron chi connectivity index (χ0n) is 16.8. The number of carbonyl (C=O) groups excluding carboxylic acids is 2. The fourth-order valence-corrected chi connectivity index (χ4v) is 4.44. The standard InChI is InChI=1S/C20H20ClFN4O5S/c21-17-2-1-3-18(22)16(17)12-24-25-19(27)13-23-20(28)14-4-6-15(7-5-14)32(29,30)26-8-10-31-11-9-26/h1-7,12H,8-11,13H2,(H,23,28)(H,25,27). The smallest absolute Gasteiger partial charge is 0.259 e. The van der Waals surface area contributed by atoms with Crippen LogP contribution in [0.5, 0.6) is 0 Å². The van der Waals surface area contributed by atoms with E-state index in [1.165, 1.54) is 46.8 Å². The summed E-state index contributed by atoms with van der Waals surface area (Å²) in [6.07, 6.45) is 1.06. The first-order valence-corrected chi connectivity index (χ1v) is 11.3. The van der Waals surface area contributed by atoms with E-state index in [9.17, 15) is 22.4 Å². The maximum absolute atomic E-state index is 13.6. The van der Waals surface area contributed by atoms with Crippen LogP contribution in [0.2, 0.25) is 5.02 Å². The molecule has 2 aromatic carbocycles. The fourth-order valence-electron chi connectivity index (χ4n) is 2.82. The topological polar surface area (TPSA) is 117 Å². The van der Waals surface area contributed by atoms with E-state index in [-0.39, 0.29) is 34.1 Å². The Hall–Kier alpha value is -2.86. The molecule has 0 radical (unpaired) electrons. The van der Waals surface area contributed by atoms with Gasteiger partial charge < -0.3 is 10.1 Å². The van der Waals surface area contributed by atoms with Crippen LogP contribution in [0, 0.1) is 5.82 Å². The Bertz CT molecular complexity index is 1100. The van der Waals surface area contributed by atoms with Crippen LogP contribution >= 0.6 is 11.6 Å². The van der Waals surface area contributed by atoms with E-state index in [0.717, 1.165) is 6.21 Å². The van der Waals surface area contributed by atoms with Gasteiger partial charge in [-0.05, 0) is 36.4 Å².